The lowest BCUT2D eigenvalue weighted by molar-refractivity contribution is -0.132. The number of terminal acetylenes is 1. The van der Waals surface area contributed by atoms with Crippen LogP contribution in [0.5, 0.6) is 0 Å². The van der Waals surface area contributed by atoms with Gasteiger partial charge in [0.1, 0.15) is 0 Å². The Balaban J connectivity index is 1.51. The van der Waals surface area contributed by atoms with Gasteiger partial charge in [-0.25, -0.2) is 8.42 Å². The summed E-state index contributed by atoms with van der Waals surface area (Å²) < 4.78 is 26.8. The summed E-state index contributed by atoms with van der Waals surface area (Å²) in [4.78, 5) is 28.8. The number of rotatable bonds is 8. The third-order valence-electron chi connectivity index (χ3n) is 5.37. The normalized spacial score (nSPS) is 14.1. The molecule has 2 amide bonds. The van der Waals surface area contributed by atoms with Crippen molar-refractivity contribution in [3.63, 3.8) is 0 Å². The van der Waals surface area contributed by atoms with Gasteiger partial charge < -0.3 is 9.80 Å². The minimum absolute atomic E-state index is 0.00849. The maximum atomic E-state index is 12.9. The van der Waals surface area contributed by atoms with E-state index in [1.165, 1.54) is 23.8 Å². The molecule has 3 rings (SSSR count). The standard InChI is InChI=1S/C24H27N3O4S/c1-2-14-25-32(30,31)22-12-7-11-21(19-22)24(29)27-17-15-26(16-18-27)23(28)13-6-10-20-8-4-3-5-9-20/h1,3-5,7-9,11-12,19,25H,6,10,13-18H2. The first-order valence-electron chi connectivity index (χ1n) is 10.5. The molecule has 2 aromatic rings. The number of nitrogens with zero attached hydrogens (tertiary/aromatic N) is 2. The van der Waals surface area contributed by atoms with Crippen LogP contribution < -0.4 is 4.72 Å². The van der Waals surface area contributed by atoms with E-state index in [2.05, 4.69) is 22.8 Å². The quantitative estimate of drug-likeness (QED) is 0.619. The fourth-order valence-corrected chi connectivity index (χ4v) is 4.58. The zero-order valence-electron chi connectivity index (χ0n) is 17.9. The molecule has 0 aromatic heterocycles. The summed E-state index contributed by atoms with van der Waals surface area (Å²) in [5.74, 6) is 2.06. The van der Waals surface area contributed by atoms with Crippen molar-refractivity contribution in [3.8, 4) is 12.3 Å². The molecule has 2 aromatic carbocycles. The smallest absolute Gasteiger partial charge is 0.254 e. The van der Waals surface area contributed by atoms with Crippen LogP contribution in [0.15, 0.2) is 59.5 Å². The fraction of sp³-hybridized carbons (Fsp3) is 0.333. The summed E-state index contributed by atoms with van der Waals surface area (Å²) in [6, 6.07) is 16.0. The zero-order chi connectivity index (χ0) is 23.0. The lowest BCUT2D eigenvalue weighted by Crippen LogP contribution is -2.50. The molecule has 0 radical (unpaired) electrons. The van der Waals surface area contributed by atoms with Gasteiger partial charge in [-0.1, -0.05) is 42.3 Å². The van der Waals surface area contributed by atoms with E-state index < -0.39 is 10.0 Å². The maximum Gasteiger partial charge on any atom is 0.254 e. The molecule has 1 fully saturated rings. The third-order valence-corrected chi connectivity index (χ3v) is 6.77. The molecule has 168 valence electrons. The van der Waals surface area contributed by atoms with Crippen molar-refractivity contribution in [1.29, 1.82) is 0 Å². The molecule has 0 aliphatic carbocycles. The van der Waals surface area contributed by atoms with Crippen LogP contribution in [0.4, 0.5) is 0 Å². The Kier molecular flexibility index (Phi) is 8.03. The Morgan fingerprint density at radius 2 is 1.66 bits per heavy atom. The molecule has 1 heterocycles. The minimum Gasteiger partial charge on any atom is -0.339 e. The number of carbonyl (C=O) groups is 2. The van der Waals surface area contributed by atoms with Crippen LogP contribution in [0.25, 0.3) is 0 Å². The molecule has 0 atom stereocenters. The van der Waals surface area contributed by atoms with E-state index >= 15 is 0 Å². The number of sulfonamides is 1. The molecular formula is C24H27N3O4S. The van der Waals surface area contributed by atoms with Crippen LogP contribution in [0.2, 0.25) is 0 Å². The zero-order valence-corrected chi connectivity index (χ0v) is 18.7. The minimum atomic E-state index is -3.77. The van der Waals surface area contributed by atoms with Gasteiger partial charge >= 0.3 is 0 Å². The highest BCUT2D eigenvalue weighted by atomic mass is 32.2. The molecule has 0 saturated carbocycles. The summed E-state index contributed by atoms with van der Waals surface area (Å²) in [7, 11) is -3.77. The van der Waals surface area contributed by atoms with E-state index in [1.807, 2.05) is 18.2 Å². The van der Waals surface area contributed by atoms with Crippen molar-refractivity contribution in [3.05, 3.63) is 65.7 Å². The first-order chi connectivity index (χ1) is 15.4. The van der Waals surface area contributed by atoms with E-state index in [0.29, 0.717) is 32.6 Å². The van der Waals surface area contributed by atoms with Crippen molar-refractivity contribution in [1.82, 2.24) is 14.5 Å². The second kappa shape index (κ2) is 10.9. The van der Waals surface area contributed by atoms with E-state index in [-0.39, 0.29) is 28.8 Å². The molecular weight excluding hydrogens is 426 g/mol. The summed E-state index contributed by atoms with van der Waals surface area (Å²) >= 11 is 0. The van der Waals surface area contributed by atoms with Crippen LogP contribution >= 0.6 is 0 Å². The van der Waals surface area contributed by atoms with Crippen molar-refractivity contribution < 1.29 is 18.0 Å². The first-order valence-corrected chi connectivity index (χ1v) is 12.0. The molecule has 1 N–H and O–H groups in total. The number of amides is 2. The molecule has 0 bridgehead atoms. The Bertz CT molecular complexity index is 1090. The van der Waals surface area contributed by atoms with Crippen LogP contribution in [0, 0.1) is 12.3 Å². The number of aryl methyl sites for hydroxylation is 1. The van der Waals surface area contributed by atoms with Crippen molar-refractivity contribution in [2.75, 3.05) is 32.7 Å². The van der Waals surface area contributed by atoms with Gasteiger partial charge in [0, 0.05) is 38.2 Å². The Labute approximate surface area is 189 Å². The first kappa shape index (κ1) is 23.5. The molecule has 0 spiro atoms. The summed E-state index contributed by atoms with van der Waals surface area (Å²) in [6.07, 6.45) is 7.24. The Morgan fingerprint density at radius 3 is 2.34 bits per heavy atom. The highest BCUT2D eigenvalue weighted by Crippen LogP contribution is 2.15. The lowest BCUT2D eigenvalue weighted by atomic mass is 10.1. The van der Waals surface area contributed by atoms with Crippen molar-refractivity contribution in [2.45, 2.75) is 24.2 Å². The Morgan fingerprint density at radius 1 is 0.969 bits per heavy atom. The van der Waals surface area contributed by atoms with Gasteiger partial charge in [-0.2, -0.15) is 4.72 Å². The predicted octanol–water partition coefficient (Wildman–Crippen LogP) is 1.91. The number of piperazine rings is 1. The SMILES string of the molecule is C#CCNS(=O)(=O)c1cccc(C(=O)N2CCN(C(=O)CCCc3ccccc3)CC2)c1. The van der Waals surface area contributed by atoms with Gasteiger partial charge in [-0.05, 0) is 36.6 Å². The van der Waals surface area contributed by atoms with E-state index in [4.69, 9.17) is 6.42 Å². The molecule has 1 saturated heterocycles. The molecule has 1 aliphatic rings. The van der Waals surface area contributed by atoms with Crippen LogP contribution in [-0.4, -0.2) is 62.8 Å². The fourth-order valence-electron chi connectivity index (χ4n) is 3.60. The van der Waals surface area contributed by atoms with E-state index in [0.717, 1.165) is 12.8 Å². The van der Waals surface area contributed by atoms with E-state index in [9.17, 15) is 18.0 Å². The number of benzene rings is 2. The maximum absolute atomic E-state index is 12.9. The average Bonchev–Trinajstić information content (AvgIpc) is 2.83. The number of hydrogen-bond donors (Lipinski definition) is 1. The molecule has 8 heteroatoms. The topological polar surface area (TPSA) is 86.8 Å². The Hall–Kier alpha value is -3.15. The van der Waals surface area contributed by atoms with Crippen LogP contribution in [0.1, 0.15) is 28.8 Å². The van der Waals surface area contributed by atoms with Gasteiger partial charge in [0.15, 0.2) is 0 Å². The summed E-state index contributed by atoms with van der Waals surface area (Å²) in [5.41, 5.74) is 1.51. The second-order valence-corrected chi connectivity index (χ2v) is 9.34. The van der Waals surface area contributed by atoms with E-state index in [1.54, 1.807) is 15.9 Å². The van der Waals surface area contributed by atoms with Crippen LogP contribution in [-0.2, 0) is 21.2 Å². The van der Waals surface area contributed by atoms with Crippen molar-refractivity contribution in [2.24, 2.45) is 0 Å². The molecule has 0 unspecified atom stereocenters. The highest BCUT2D eigenvalue weighted by molar-refractivity contribution is 7.89. The third kappa shape index (κ3) is 6.19. The molecule has 32 heavy (non-hydrogen) atoms. The largest absolute Gasteiger partial charge is 0.339 e. The molecule has 7 nitrogen and oxygen atoms in total. The monoisotopic (exact) mass is 453 g/mol. The highest BCUT2D eigenvalue weighted by Gasteiger charge is 2.25. The average molecular weight is 454 g/mol. The van der Waals surface area contributed by atoms with Crippen molar-refractivity contribution >= 4 is 21.8 Å². The van der Waals surface area contributed by atoms with Gasteiger partial charge in [0.2, 0.25) is 15.9 Å². The predicted molar refractivity (Wildman–Crippen MR) is 122 cm³/mol. The van der Waals surface area contributed by atoms with Crippen LogP contribution in [0.3, 0.4) is 0 Å². The lowest BCUT2D eigenvalue weighted by Gasteiger charge is -2.35. The van der Waals surface area contributed by atoms with Gasteiger partial charge in [-0.15, -0.1) is 6.42 Å². The van der Waals surface area contributed by atoms with Gasteiger partial charge in [-0.3, -0.25) is 9.59 Å². The number of nitrogens with one attached hydrogen (secondary N) is 1. The van der Waals surface area contributed by atoms with Gasteiger partial charge in [0.25, 0.3) is 5.91 Å². The second-order valence-electron chi connectivity index (χ2n) is 7.57. The summed E-state index contributed by atoms with van der Waals surface area (Å²) in [5, 5.41) is 0. The van der Waals surface area contributed by atoms with Gasteiger partial charge in [0.05, 0.1) is 11.4 Å². The summed E-state index contributed by atoms with van der Waals surface area (Å²) in [6.45, 7) is 1.64. The molecule has 1 aliphatic heterocycles. The number of carbonyl (C=O) groups excluding carboxylic acids is 2. The number of hydrogen-bond acceptors (Lipinski definition) is 4.